The molecule has 1 aromatic heterocycles. The smallest absolute Gasteiger partial charge is 0.161 e. The highest BCUT2D eigenvalue weighted by Crippen LogP contribution is 2.31. The van der Waals surface area contributed by atoms with Crippen LogP contribution in [0.2, 0.25) is 0 Å². The molecule has 0 saturated carbocycles. The molecule has 0 fully saturated rings. The molecule has 0 amide bonds. The number of aliphatic hydroxyl groups is 1. The van der Waals surface area contributed by atoms with E-state index in [2.05, 4.69) is 12.2 Å². The van der Waals surface area contributed by atoms with Gasteiger partial charge in [0.05, 0.1) is 20.5 Å². The minimum Gasteiger partial charge on any atom is -0.493 e. The first kappa shape index (κ1) is 16.4. The average Bonchev–Trinajstić information content (AvgIpc) is 3.09. The van der Waals surface area contributed by atoms with Gasteiger partial charge < -0.3 is 24.3 Å². The first-order valence-corrected chi connectivity index (χ1v) is 7.36. The highest BCUT2D eigenvalue weighted by atomic mass is 16.5. The Balaban J connectivity index is 2.05. The van der Waals surface area contributed by atoms with E-state index in [0.29, 0.717) is 23.8 Å². The van der Waals surface area contributed by atoms with Gasteiger partial charge in [-0.15, -0.1) is 0 Å². The van der Waals surface area contributed by atoms with Gasteiger partial charge in [0.2, 0.25) is 0 Å². The second-order valence-electron chi connectivity index (χ2n) is 5.01. The second-order valence-corrected chi connectivity index (χ2v) is 5.01. The van der Waals surface area contributed by atoms with Crippen molar-refractivity contribution in [3.8, 4) is 11.5 Å². The van der Waals surface area contributed by atoms with E-state index < -0.39 is 6.10 Å². The third-order valence-corrected chi connectivity index (χ3v) is 3.65. The highest BCUT2D eigenvalue weighted by Gasteiger charge is 2.16. The molecule has 0 radical (unpaired) electrons. The van der Waals surface area contributed by atoms with Gasteiger partial charge in [-0.1, -0.05) is 13.0 Å². The topological polar surface area (TPSA) is 63.9 Å². The van der Waals surface area contributed by atoms with Gasteiger partial charge in [0.1, 0.15) is 11.9 Å². The molecular weight excluding hydrogens is 282 g/mol. The predicted molar refractivity (Wildman–Crippen MR) is 84.2 cm³/mol. The molecule has 120 valence electrons. The van der Waals surface area contributed by atoms with Crippen LogP contribution < -0.4 is 14.8 Å². The number of methoxy groups -OCH3 is 2. The van der Waals surface area contributed by atoms with Gasteiger partial charge in [-0.25, -0.2) is 0 Å². The molecule has 2 aromatic rings. The lowest BCUT2D eigenvalue weighted by molar-refractivity contribution is 0.143. The number of hydrogen-bond donors (Lipinski definition) is 2. The van der Waals surface area contributed by atoms with E-state index in [1.54, 1.807) is 32.6 Å². The third-order valence-electron chi connectivity index (χ3n) is 3.65. The molecule has 5 nitrogen and oxygen atoms in total. The van der Waals surface area contributed by atoms with Crippen LogP contribution in [0.25, 0.3) is 0 Å². The Bertz CT molecular complexity index is 568. The van der Waals surface area contributed by atoms with Gasteiger partial charge >= 0.3 is 0 Å². The largest absolute Gasteiger partial charge is 0.493 e. The van der Waals surface area contributed by atoms with Gasteiger partial charge in [0.15, 0.2) is 11.5 Å². The van der Waals surface area contributed by atoms with E-state index in [1.807, 2.05) is 18.2 Å². The zero-order chi connectivity index (χ0) is 15.9. The quantitative estimate of drug-likeness (QED) is 0.784. The number of benzene rings is 1. The molecule has 2 atom stereocenters. The van der Waals surface area contributed by atoms with Gasteiger partial charge in [-0.2, -0.15) is 0 Å². The van der Waals surface area contributed by atoms with Crippen molar-refractivity contribution in [2.24, 2.45) is 0 Å². The van der Waals surface area contributed by atoms with E-state index in [1.165, 1.54) is 0 Å². The summed E-state index contributed by atoms with van der Waals surface area (Å²) in [6.45, 7) is 2.51. The average molecular weight is 305 g/mol. The van der Waals surface area contributed by atoms with Crippen molar-refractivity contribution in [2.75, 3.05) is 20.8 Å². The molecule has 0 saturated heterocycles. The molecular formula is C17H23NO4. The van der Waals surface area contributed by atoms with Crippen LogP contribution in [0.5, 0.6) is 11.5 Å². The Kier molecular flexibility index (Phi) is 5.86. The van der Waals surface area contributed by atoms with E-state index in [4.69, 9.17) is 13.9 Å². The number of aliphatic hydroxyl groups excluding tert-OH is 1. The van der Waals surface area contributed by atoms with Gasteiger partial charge in [-0.05, 0) is 36.2 Å². The van der Waals surface area contributed by atoms with E-state index in [-0.39, 0.29) is 6.04 Å². The van der Waals surface area contributed by atoms with Crippen molar-refractivity contribution in [3.63, 3.8) is 0 Å². The maximum atomic E-state index is 10.1. The minimum absolute atomic E-state index is 0.115. The van der Waals surface area contributed by atoms with Crippen LogP contribution in [0.1, 0.15) is 36.8 Å². The van der Waals surface area contributed by atoms with Gasteiger partial charge in [-0.3, -0.25) is 0 Å². The van der Waals surface area contributed by atoms with Crippen molar-refractivity contribution in [1.82, 2.24) is 5.32 Å². The van der Waals surface area contributed by atoms with Crippen LogP contribution in [0.15, 0.2) is 41.0 Å². The fraction of sp³-hybridized carbons (Fsp3) is 0.412. The minimum atomic E-state index is -0.663. The van der Waals surface area contributed by atoms with Crippen molar-refractivity contribution < 1.29 is 19.0 Å². The fourth-order valence-corrected chi connectivity index (χ4v) is 2.40. The lowest BCUT2D eigenvalue weighted by Crippen LogP contribution is -2.26. The Morgan fingerprint density at radius 2 is 1.95 bits per heavy atom. The molecule has 0 aliphatic rings. The monoisotopic (exact) mass is 305 g/mol. The summed E-state index contributed by atoms with van der Waals surface area (Å²) in [6, 6.07) is 9.50. The van der Waals surface area contributed by atoms with Crippen LogP contribution in [-0.2, 0) is 0 Å². The Labute approximate surface area is 130 Å². The van der Waals surface area contributed by atoms with Gasteiger partial charge in [0.25, 0.3) is 0 Å². The molecule has 0 bridgehead atoms. The lowest BCUT2D eigenvalue weighted by atomic mass is 10.0. The molecule has 5 heteroatoms. The number of ether oxygens (including phenoxy) is 2. The maximum Gasteiger partial charge on any atom is 0.161 e. The molecule has 1 aromatic carbocycles. The zero-order valence-electron chi connectivity index (χ0n) is 13.2. The number of furan rings is 1. The molecule has 1 heterocycles. The fourth-order valence-electron chi connectivity index (χ4n) is 2.40. The van der Waals surface area contributed by atoms with E-state index in [0.717, 1.165) is 12.0 Å². The van der Waals surface area contributed by atoms with E-state index in [9.17, 15) is 5.11 Å². The maximum absolute atomic E-state index is 10.1. The Hall–Kier alpha value is -1.98. The SMILES string of the molecule is CCC(NCC(O)c1ccco1)c1ccc(OC)c(OC)c1. The number of rotatable bonds is 8. The van der Waals surface area contributed by atoms with Crippen LogP contribution in [-0.4, -0.2) is 25.9 Å². The second kappa shape index (κ2) is 7.87. The van der Waals surface area contributed by atoms with Crippen molar-refractivity contribution >= 4 is 0 Å². The number of hydrogen-bond acceptors (Lipinski definition) is 5. The molecule has 2 unspecified atom stereocenters. The van der Waals surface area contributed by atoms with Crippen molar-refractivity contribution in [1.29, 1.82) is 0 Å². The summed E-state index contributed by atoms with van der Waals surface area (Å²) >= 11 is 0. The molecule has 0 aliphatic carbocycles. The first-order valence-electron chi connectivity index (χ1n) is 7.36. The van der Waals surface area contributed by atoms with Crippen molar-refractivity contribution in [3.05, 3.63) is 47.9 Å². The molecule has 22 heavy (non-hydrogen) atoms. The Morgan fingerprint density at radius 3 is 2.55 bits per heavy atom. The van der Waals surface area contributed by atoms with Crippen LogP contribution in [0.4, 0.5) is 0 Å². The zero-order valence-corrected chi connectivity index (χ0v) is 13.2. The predicted octanol–water partition coefficient (Wildman–Crippen LogP) is 3.07. The normalized spacial score (nSPS) is 13.6. The standard InChI is InChI=1S/C17H23NO4/c1-4-13(18-11-14(19)15-6-5-9-22-15)12-7-8-16(20-2)17(10-12)21-3/h5-10,13-14,18-19H,4,11H2,1-3H3. The third kappa shape index (κ3) is 3.81. The summed E-state index contributed by atoms with van der Waals surface area (Å²) in [6.07, 6.45) is 1.79. The summed E-state index contributed by atoms with van der Waals surface area (Å²) in [4.78, 5) is 0. The molecule has 2 rings (SSSR count). The van der Waals surface area contributed by atoms with Gasteiger partial charge in [0, 0.05) is 12.6 Å². The summed E-state index contributed by atoms with van der Waals surface area (Å²) < 4.78 is 15.8. The molecule has 2 N–H and O–H groups in total. The highest BCUT2D eigenvalue weighted by molar-refractivity contribution is 5.43. The van der Waals surface area contributed by atoms with Crippen LogP contribution >= 0.6 is 0 Å². The summed E-state index contributed by atoms with van der Waals surface area (Å²) in [5, 5.41) is 13.4. The van der Waals surface area contributed by atoms with Crippen LogP contribution in [0.3, 0.4) is 0 Å². The van der Waals surface area contributed by atoms with Crippen molar-refractivity contribution in [2.45, 2.75) is 25.5 Å². The lowest BCUT2D eigenvalue weighted by Gasteiger charge is -2.20. The number of nitrogens with one attached hydrogen (secondary N) is 1. The van der Waals surface area contributed by atoms with E-state index >= 15 is 0 Å². The Morgan fingerprint density at radius 1 is 1.18 bits per heavy atom. The molecule has 0 aliphatic heterocycles. The molecule has 0 spiro atoms. The van der Waals surface area contributed by atoms with Crippen LogP contribution in [0, 0.1) is 0 Å². The summed E-state index contributed by atoms with van der Waals surface area (Å²) in [5.41, 5.74) is 1.09. The summed E-state index contributed by atoms with van der Waals surface area (Å²) in [5.74, 6) is 1.97. The summed E-state index contributed by atoms with van der Waals surface area (Å²) in [7, 11) is 3.24. The first-order chi connectivity index (χ1) is 10.7.